The van der Waals surface area contributed by atoms with Crippen LogP contribution in [0.5, 0.6) is 0 Å². The number of rotatable bonds is 2. The molecule has 0 radical (unpaired) electrons. The molecule has 2 N–H and O–H groups in total. The predicted octanol–water partition coefficient (Wildman–Crippen LogP) is 0.717. The van der Waals surface area contributed by atoms with Gasteiger partial charge in [-0.15, -0.1) is 0 Å². The molecule has 1 aliphatic heterocycles. The Morgan fingerprint density at radius 1 is 1.67 bits per heavy atom. The van der Waals surface area contributed by atoms with Crippen LogP contribution in [-0.2, 0) is 4.79 Å². The van der Waals surface area contributed by atoms with Gasteiger partial charge in [0.05, 0.1) is 5.70 Å². The van der Waals surface area contributed by atoms with Gasteiger partial charge in [0.25, 0.3) is 5.91 Å². The van der Waals surface area contributed by atoms with E-state index in [1.165, 1.54) is 0 Å². The molecule has 0 aromatic carbocycles. The molecule has 3 nitrogen and oxygen atoms in total. The topological polar surface area (TPSA) is 46.3 Å². The Labute approximate surface area is 73.2 Å². The van der Waals surface area contributed by atoms with Crippen LogP contribution in [0.2, 0.25) is 0 Å². The van der Waals surface area contributed by atoms with Crippen LogP contribution >= 0.6 is 0 Å². The lowest BCUT2D eigenvalue weighted by Gasteiger charge is -2.27. The maximum absolute atomic E-state index is 11.4. The molecule has 0 spiro atoms. The van der Waals surface area contributed by atoms with Crippen molar-refractivity contribution < 1.29 is 4.79 Å². The van der Waals surface area contributed by atoms with E-state index < -0.39 is 0 Å². The molecule has 12 heavy (non-hydrogen) atoms. The van der Waals surface area contributed by atoms with Gasteiger partial charge in [-0.1, -0.05) is 19.9 Å². The van der Waals surface area contributed by atoms with Gasteiger partial charge in [-0.05, 0) is 12.3 Å². The number of carbonyl (C=O) groups is 1. The molecule has 0 atom stereocenters. The summed E-state index contributed by atoms with van der Waals surface area (Å²) in [6, 6.07) is 0. The normalized spacial score (nSPS) is 18.4. The highest BCUT2D eigenvalue weighted by molar-refractivity contribution is 5.93. The maximum atomic E-state index is 11.4. The fourth-order valence-corrected chi connectivity index (χ4v) is 1.36. The van der Waals surface area contributed by atoms with Gasteiger partial charge in [-0.3, -0.25) is 4.79 Å². The van der Waals surface area contributed by atoms with E-state index in [0.717, 1.165) is 19.5 Å². The largest absolute Gasteiger partial charge is 0.395 e. The summed E-state index contributed by atoms with van der Waals surface area (Å²) in [7, 11) is 0. The van der Waals surface area contributed by atoms with E-state index in [0.29, 0.717) is 11.6 Å². The van der Waals surface area contributed by atoms with Gasteiger partial charge in [0.1, 0.15) is 0 Å². The first-order valence-electron chi connectivity index (χ1n) is 4.36. The van der Waals surface area contributed by atoms with Crippen LogP contribution in [0.4, 0.5) is 0 Å². The van der Waals surface area contributed by atoms with Crippen LogP contribution in [0.3, 0.4) is 0 Å². The summed E-state index contributed by atoms with van der Waals surface area (Å²) in [4.78, 5) is 13.2. The van der Waals surface area contributed by atoms with Gasteiger partial charge in [0, 0.05) is 13.1 Å². The smallest absolute Gasteiger partial charge is 0.269 e. The molecule has 0 bridgehead atoms. The zero-order valence-corrected chi connectivity index (χ0v) is 7.71. The van der Waals surface area contributed by atoms with Crippen LogP contribution in [0.1, 0.15) is 20.3 Å². The zero-order chi connectivity index (χ0) is 9.14. The van der Waals surface area contributed by atoms with Crippen molar-refractivity contribution in [2.75, 3.05) is 13.1 Å². The SMILES string of the molecule is CC(C)CN1CCC=C(N)C1=O. The lowest BCUT2D eigenvalue weighted by atomic mass is 10.1. The molecule has 1 rings (SSSR count). The van der Waals surface area contributed by atoms with Crippen LogP contribution in [0.15, 0.2) is 11.8 Å². The summed E-state index contributed by atoms with van der Waals surface area (Å²) >= 11 is 0. The second-order valence-electron chi connectivity index (χ2n) is 3.59. The summed E-state index contributed by atoms with van der Waals surface area (Å²) in [5.41, 5.74) is 5.92. The lowest BCUT2D eigenvalue weighted by molar-refractivity contribution is -0.128. The first kappa shape index (κ1) is 9.10. The van der Waals surface area contributed by atoms with E-state index in [9.17, 15) is 4.79 Å². The lowest BCUT2D eigenvalue weighted by Crippen LogP contribution is -2.40. The minimum Gasteiger partial charge on any atom is -0.395 e. The second-order valence-corrected chi connectivity index (χ2v) is 3.59. The molecule has 0 fully saturated rings. The third kappa shape index (κ3) is 2.00. The highest BCUT2D eigenvalue weighted by atomic mass is 16.2. The van der Waals surface area contributed by atoms with E-state index >= 15 is 0 Å². The number of carbonyl (C=O) groups excluding carboxylic acids is 1. The van der Waals surface area contributed by atoms with Gasteiger partial charge >= 0.3 is 0 Å². The Balaban J connectivity index is 2.57. The average molecular weight is 168 g/mol. The summed E-state index contributed by atoms with van der Waals surface area (Å²) in [5, 5.41) is 0. The van der Waals surface area contributed by atoms with Gasteiger partial charge in [0.2, 0.25) is 0 Å². The van der Waals surface area contributed by atoms with E-state index in [1.54, 1.807) is 6.08 Å². The van der Waals surface area contributed by atoms with Crippen molar-refractivity contribution in [3.8, 4) is 0 Å². The van der Waals surface area contributed by atoms with Crippen LogP contribution in [0.25, 0.3) is 0 Å². The predicted molar refractivity (Wildman–Crippen MR) is 48.3 cm³/mol. The maximum Gasteiger partial charge on any atom is 0.269 e. The van der Waals surface area contributed by atoms with E-state index in [4.69, 9.17) is 5.73 Å². The molecule has 0 aromatic rings. The summed E-state index contributed by atoms with van der Waals surface area (Å²) in [5.74, 6) is 0.509. The molecule has 68 valence electrons. The first-order valence-corrected chi connectivity index (χ1v) is 4.36. The third-order valence-corrected chi connectivity index (χ3v) is 1.88. The van der Waals surface area contributed by atoms with Crippen LogP contribution in [0, 0.1) is 5.92 Å². The molecular weight excluding hydrogens is 152 g/mol. The summed E-state index contributed by atoms with van der Waals surface area (Å²) in [6.45, 7) is 5.83. The number of hydrogen-bond donors (Lipinski definition) is 1. The Hall–Kier alpha value is -0.990. The van der Waals surface area contributed by atoms with E-state index in [2.05, 4.69) is 13.8 Å². The fraction of sp³-hybridized carbons (Fsp3) is 0.667. The van der Waals surface area contributed by atoms with Crippen molar-refractivity contribution in [3.63, 3.8) is 0 Å². The van der Waals surface area contributed by atoms with E-state index in [-0.39, 0.29) is 5.91 Å². The minimum absolute atomic E-state index is 0.00468. The Bertz CT molecular complexity index is 209. The molecule has 0 aliphatic carbocycles. The Morgan fingerprint density at radius 3 is 2.92 bits per heavy atom. The van der Waals surface area contributed by atoms with Crippen molar-refractivity contribution >= 4 is 5.91 Å². The van der Waals surface area contributed by atoms with Crippen LogP contribution in [-0.4, -0.2) is 23.9 Å². The molecule has 0 saturated heterocycles. The highest BCUT2D eigenvalue weighted by Gasteiger charge is 2.19. The number of hydrogen-bond acceptors (Lipinski definition) is 2. The monoisotopic (exact) mass is 168 g/mol. The van der Waals surface area contributed by atoms with Crippen molar-refractivity contribution in [2.45, 2.75) is 20.3 Å². The zero-order valence-electron chi connectivity index (χ0n) is 7.71. The summed E-state index contributed by atoms with van der Waals surface area (Å²) < 4.78 is 0. The highest BCUT2D eigenvalue weighted by Crippen LogP contribution is 2.09. The molecule has 1 aliphatic rings. The Morgan fingerprint density at radius 2 is 2.33 bits per heavy atom. The number of amides is 1. The van der Waals surface area contributed by atoms with Gasteiger partial charge in [-0.25, -0.2) is 0 Å². The first-order chi connectivity index (χ1) is 5.61. The average Bonchev–Trinajstić information content (AvgIpc) is 1.98. The standard InChI is InChI=1S/C9H16N2O/c1-7(2)6-11-5-3-4-8(10)9(11)12/h4,7H,3,5-6,10H2,1-2H3. The van der Waals surface area contributed by atoms with E-state index in [1.807, 2.05) is 4.90 Å². The fourth-order valence-electron chi connectivity index (χ4n) is 1.36. The molecule has 0 saturated carbocycles. The van der Waals surface area contributed by atoms with Gasteiger partial charge in [0.15, 0.2) is 0 Å². The second kappa shape index (κ2) is 3.61. The molecule has 0 aromatic heterocycles. The quantitative estimate of drug-likeness (QED) is 0.660. The van der Waals surface area contributed by atoms with Crippen molar-refractivity contribution in [3.05, 3.63) is 11.8 Å². The minimum atomic E-state index is -0.00468. The number of nitrogens with two attached hydrogens (primary N) is 1. The van der Waals surface area contributed by atoms with Gasteiger partial charge in [-0.2, -0.15) is 0 Å². The molecule has 3 heteroatoms. The molecular formula is C9H16N2O. The molecule has 0 unspecified atom stereocenters. The molecule has 1 amide bonds. The van der Waals surface area contributed by atoms with Gasteiger partial charge < -0.3 is 10.6 Å². The number of nitrogens with zero attached hydrogens (tertiary/aromatic N) is 1. The van der Waals surface area contributed by atoms with Crippen molar-refractivity contribution in [1.82, 2.24) is 4.90 Å². The van der Waals surface area contributed by atoms with Crippen LogP contribution < -0.4 is 5.73 Å². The van der Waals surface area contributed by atoms with Crippen molar-refractivity contribution in [2.24, 2.45) is 11.7 Å². The molecule has 1 heterocycles. The van der Waals surface area contributed by atoms with Crippen molar-refractivity contribution in [1.29, 1.82) is 0 Å². The Kier molecular flexibility index (Phi) is 2.74. The third-order valence-electron chi connectivity index (χ3n) is 1.88. The summed E-state index contributed by atoms with van der Waals surface area (Å²) in [6.07, 6.45) is 2.70.